The number of hydrogen-bond acceptors (Lipinski definition) is 1. The summed E-state index contributed by atoms with van der Waals surface area (Å²) in [4.78, 5) is 0. The zero-order valence-electron chi connectivity index (χ0n) is 12.3. The number of benzene rings is 1. The fourth-order valence-electron chi connectivity index (χ4n) is 2.16. The Morgan fingerprint density at radius 3 is 2.39 bits per heavy atom. The Morgan fingerprint density at radius 2 is 1.89 bits per heavy atom. The molecule has 0 fully saturated rings. The SMILES string of the molecule is C=[PH](CC(CC(C)CC)NC)c1ccc(C)cc1. The van der Waals surface area contributed by atoms with Crippen LogP contribution in [-0.4, -0.2) is 25.6 Å². The van der Waals surface area contributed by atoms with Gasteiger partial charge in [-0.1, -0.05) is 63.9 Å². The second-order valence-electron chi connectivity index (χ2n) is 5.41. The molecule has 1 rings (SSSR count). The molecule has 1 aromatic carbocycles. The fourth-order valence-corrected chi connectivity index (χ4v) is 4.00. The van der Waals surface area contributed by atoms with Crippen LogP contribution in [0.25, 0.3) is 0 Å². The smallest absolute Gasteiger partial charge is 0.0106 e. The summed E-state index contributed by atoms with van der Waals surface area (Å²) in [5.74, 6) is 0.801. The van der Waals surface area contributed by atoms with Crippen molar-refractivity contribution in [1.82, 2.24) is 5.32 Å². The first kappa shape index (κ1) is 15.5. The van der Waals surface area contributed by atoms with E-state index in [0.29, 0.717) is 6.04 Å². The lowest BCUT2D eigenvalue weighted by atomic mass is 10.0. The van der Waals surface area contributed by atoms with E-state index < -0.39 is 7.55 Å². The van der Waals surface area contributed by atoms with E-state index in [9.17, 15) is 0 Å². The maximum Gasteiger partial charge on any atom is 0.0106 e. The number of rotatable bonds is 7. The van der Waals surface area contributed by atoms with Crippen molar-refractivity contribution in [3.63, 3.8) is 0 Å². The quantitative estimate of drug-likeness (QED) is 0.746. The summed E-state index contributed by atoms with van der Waals surface area (Å²) >= 11 is 0. The van der Waals surface area contributed by atoms with Crippen molar-refractivity contribution in [2.75, 3.05) is 13.2 Å². The van der Waals surface area contributed by atoms with Gasteiger partial charge in [-0.15, -0.1) is 0 Å². The van der Waals surface area contributed by atoms with Crippen LogP contribution in [0.4, 0.5) is 0 Å². The van der Waals surface area contributed by atoms with Crippen LogP contribution in [0.5, 0.6) is 0 Å². The lowest BCUT2D eigenvalue weighted by Crippen LogP contribution is -2.30. The zero-order valence-corrected chi connectivity index (χ0v) is 13.3. The highest BCUT2D eigenvalue weighted by Crippen LogP contribution is 2.23. The molecule has 0 bridgehead atoms. The highest BCUT2D eigenvalue weighted by Gasteiger charge is 2.11. The predicted molar refractivity (Wildman–Crippen MR) is 88.0 cm³/mol. The third kappa shape index (κ3) is 5.00. The average molecular weight is 265 g/mol. The molecule has 102 valence electrons. The first-order valence-corrected chi connectivity index (χ1v) is 8.90. The van der Waals surface area contributed by atoms with Gasteiger partial charge in [0, 0.05) is 6.04 Å². The maximum atomic E-state index is 4.42. The van der Waals surface area contributed by atoms with Gasteiger partial charge in [0.25, 0.3) is 0 Å². The molecule has 0 aliphatic heterocycles. The van der Waals surface area contributed by atoms with E-state index >= 15 is 0 Å². The molecule has 3 unspecified atom stereocenters. The Bertz CT molecular complexity index is 369. The van der Waals surface area contributed by atoms with E-state index in [0.717, 1.165) is 5.92 Å². The van der Waals surface area contributed by atoms with Crippen LogP contribution in [0.1, 0.15) is 32.3 Å². The molecular formula is C16H28NP. The van der Waals surface area contributed by atoms with Gasteiger partial charge in [0.1, 0.15) is 0 Å². The van der Waals surface area contributed by atoms with E-state index in [-0.39, 0.29) is 0 Å². The summed E-state index contributed by atoms with van der Waals surface area (Å²) < 4.78 is 0. The number of aryl methyl sites for hydroxylation is 1. The molecule has 1 N–H and O–H groups in total. The zero-order chi connectivity index (χ0) is 13.5. The molecule has 0 spiro atoms. The van der Waals surface area contributed by atoms with Crippen LogP contribution in [-0.2, 0) is 0 Å². The second-order valence-corrected chi connectivity index (χ2v) is 7.60. The fraction of sp³-hybridized carbons (Fsp3) is 0.562. The van der Waals surface area contributed by atoms with Gasteiger partial charge < -0.3 is 5.32 Å². The number of hydrogen-bond donors (Lipinski definition) is 1. The molecule has 0 aromatic heterocycles. The van der Waals surface area contributed by atoms with Crippen molar-refractivity contribution in [2.45, 2.75) is 39.7 Å². The first-order valence-electron chi connectivity index (χ1n) is 6.98. The van der Waals surface area contributed by atoms with Crippen molar-refractivity contribution >= 4 is 19.1 Å². The van der Waals surface area contributed by atoms with Crippen LogP contribution in [0.3, 0.4) is 0 Å². The van der Waals surface area contributed by atoms with Crippen molar-refractivity contribution < 1.29 is 0 Å². The van der Waals surface area contributed by atoms with E-state index in [1.54, 1.807) is 0 Å². The molecule has 0 saturated heterocycles. The normalized spacial score (nSPS) is 16.2. The third-order valence-corrected chi connectivity index (χ3v) is 5.88. The van der Waals surface area contributed by atoms with Gasteiger partial charge >= 0.3 is 0 Å². The van der Waals surface area contributed by atoms with Crippen LogP contribution in [0, 0.1) is 12.8 Å². The van der Waals surface area contributed by atoms with E-state index in [4.69, 9.17) is 0 Å². The molecule has 0 heterocycles. The Hall–Kier alpha value is -0.520. The summed E-state index contributed by atoms with van der Waals surface area (Å²) in [6.45, 7) is 6.75. The first-order chi connectivity index (χ1) is 8.56. The van der Waals surface area contributed by atoms with E-state index in [1.165, 1.54) is 29.9 Å². The minimum absolute atomic E-state index is 0.618. The molecule has 0 aliphatic rings. The van der Waals surface area contributed by atoms with Crippen molar-refractivity contribution in [2.24, 2.45) is 5.92 Å². The Balaban J connectivity index is 2.59. The largest absolute Gasteiger partial charge is 0.317 e. The van der Waals surface area contributed by atoms with Crippen LogP contribution >= 0.6 is 7.55 Å². The summed E-state index contributed by atoms with van der Waals surface area (Å²) in [6, 6.07) is 9.54. The average Bonchev–Trinajstić information content (AvgIpc) is 2.38. The van der Waals surface area contributed by atoms with Gasteiger partial charge in [-0.25, -0.2) is 0 Å². The molecule has 0 amide bonds. The topological polar surface area (TPSA) is 12.0 Å². The molecule has 0 radical (unpaired) electrons. The minimum Gasteiger partial charge on any atom is -0.317 e. The molecule has 18 heavy (non-hydrogen) atoms. The lowest BCUT2D eigenvalue weighted by Gasteiger charge is -2.21. The maximum absolute atomic E-state index is 4.42. The third-order valence-electron chi connectivity index (χ3n) is 3.74. The molecule has 1 nitrogen and oxygen atoms in total. The monoisotopic (exact) mass is 265 g/mol. The Labute approximate surface area is 113 Å². The van der Waals surface area contributed by atoms with Crippen molar-refractivity contribution in [3.8, 4) is 0 Å². The van der Waals surface area contributed by atoms with Crippen LogP contribution < -0.4 is 10.6 Å². The molecule has 0 aliphatic carbocycles. The van der Waals surface area contributed by atoms with E-state index in [1.807, 2.05) is 0 Å². The van der Waals surface area contributed by atoms with Gasteiger partial charge in [0.15, 0.2) is 0 Å². The Kier molecular flexibility index (Phi) is 6.75. The van der Waals surface area contributed by atoms with Gasteiger partial charge in [-0.3, -0.25) is 0 Å². The highest BCUT2D eigenvalue weighted by atomic mass is 31.1. The van der Waals surface area contributed by atoms with Crippen LogP contribution in [0.2, 0.25) is 0 Å². The Morgan fingerprint density at radius 1 is 1.28 bits per heavy atom. The van der Waals surface area contributed by atoms with E-state index in [2.05, 4.69) is 63.7 Å². The highest BCUT2D eigenvalue weighted by molar-refractivity contribution is 7.63. The van der Waals surface area contributed by atoms with Gasteiger partial charge in [0.05, 0.1) is 0 Å². The summed E-state index contributed by atoms with van der Waals surface area (Å²) in [5.41, 5.74) is 1.33. The molecule has 3 atom stereocenters. The summed E-state index contributed by atoms with van der Waals surface area (Å²) in [5, 5.41) is 4.92. The standard InChI is InChI=1S/C16H28NP/c1-6-13(2)11-15(17-4)12-18(5)16-9-7-14(3)8-10-16/h7-10,13,15,17-18H,5-6,11-12H2,1-4H3. The molecule has 2 heteroatoms. The summed E-state index contributed by atoms with van der Waals surface area (Å²) in [6.07, 6.45) is 8.17. The molecule has 1 aromatic rings. The van der Waals surface area contributed by atoms with Gasteiger partial charge in [-0.2, -0.15) is 0 Å². The van der Waals surface area contributed by atoms with Gasteiger partial charge in [-0.05, 0) is 37.8 Å². The second kappa shape index (κ2) is 7.81. The number of nitrogens with one attached hydrogen (secondary N) is 1. The van der Waals surface area contributed by atoms with Crippen molar-refractivity contribution in [3.05, 3.63) is 29.8 Å². The van der Waals surface area contributed by atoms with Crippen LogP contribution in [0.15, 0.2) is 24.3 Å². The minimum atomic E-state index is -0.660. The molecular weight excluding hydrogens is 237 g/mol. The lowest BCUT2D eigenvalue weighted by molar-refractivity contribution is 0.436. The van der Waals surface area contributed by atoms with Crippen molar-refractivity contribution in [1.29, 1.82) is 0 Å². The summed E-state index contributed by atoms with van der Waals surface area (Å²) in [7, 11) is 1.42. The predicted octanol–water partition coefficient (Wildman–Crippen LogP) is 3.29. The van der Waals surface area contributed by atoms with Gasteiger partial charge in [0.2, 0.25) is 0 Å². The molecule has 0 saturated carbocycles.